The third kappa shape index (κ3) is 2.20. The van der Waals surface area contributed by atoms with Gasteiger partial charge in [0.2, 0.25) is 0 Å². The first kappa shape index (κ1) is 14.9. The fourth-order valence-electron chi connectivity index (χ4n) is 3.17. The molecule has 0 aliphatic carbocycles. The van der Waals surface area contributed by atoms with Crippen LogP contribution in [0.4, 0.5) is 0 Å². The van der Waals surface area contributed by atoms with Crippen LogP contribution in [0.25, 0.3) is 11.2 Å². The molecule has 0 unspecified atom stereocenters. The minimum absolute atomic E-state index is 0.376. The predicted molar refractivity (Wildman–Crippen MR) is 87.9 cm³/mol. The van der Waals surface area contributed by atoms with Crippen LogP contribution in [0.15, 0.2) is 22.0 Å². The molecular weight excluding hydrogens is 310 g/mol. The smallest absolute Gasteiger partial charge is 0.324 e. The van der Waals surface area contributed by atoms with E-state index in [-0.39, 0.29) is 0 Å². The molecule has 24 heavy (non-hydrogen) atoms. The van der Waals surface area contributed by atoms with Crippen molar-refractivity contribution in [2.75, 3.05) is 13.1 Å². The zero-order valence-corrected chi connectivity index (χ0v) is 13.9. The summed E-state index contributed by atoms with van der Waals surface area (Å²) in [7, 11) is 3.41. The lowest BCUT2D eigenvalue weighted by Gasteiger charge is -2.38. The maximum absolute atomic E-state index is 12.0. The molecule has 0 amide bonds. The predicted octanol–water partition coefficient (Wildman–Crippen LogP) is -0.478. The molecule has 0 radical (unpaired) electrons. The van der Waals surface area contributed by atoms with Crippen molar-refractivity contribution >= 4 is 11.2 Å². The van der Waals surface area contributed by atoms with E-state index in [9.17, 15) is 9.59 Å². The van der Waals surface area contributed by atoms with Gasteiger partial charge < -0.3 is 4.57 Å². The van der Waals surface area contributed by atoms with Gasteiger partial charge in [0, 0.05) is 33.4 Å². The number of imidazole rings is 1. The number of H-pyrrole nitrogens is 1. The van der Waals surface area contributed by atoms with Gasteiger partial charge in [-0.2, -0.15) is 5.10 Å². The fraction of sp³-hybridized carbons (Fsp3) is 0.467. The lowest BCUT2D eigenvalue weighted by atomic mass is 10.1. The Morgan fingerprint density at radius 1 is 1.25 bits per heavy atom. The molecule has 1 aliphatic heterocycles. The SMILES string of the molecule is Cc1cnn(C2CN(Cc3nc4c(c(=O)[nH]c(=O)n4C)n3C)C2)c1. The zero-order chi connectivity index (χ0) is 17.0. The second-order valence-corrected chi connectivity index (χ2v) is 6.42. The highest BCUT2D eigenvalue weighted by atomic mass is 16.2. The molecule has 9 nitrogen and oxygen atoms in total. The summed E-state index contributed by atoms with van der Waals surface area (Å²) in [4.78, 5) is 32.8. The van der Waals surface area contributed by atoms with Gasteiger partial charge in [-0.25, -0.2) is 9.78 Å². The van der Waals surface area contributed by atoms with Crippen molar-refractivity contribution in [1.82, 2.24) is 33.8 Å². The summed E-state index contributed by atoms with van der Waals surface area (Å²) in [6, 6.07) is 0.376. The summed E-state index contributed by atoms with van der Waals surface area (Å²) in [5.41, 5.74) is 1.15. The van der Waals surface area contributed by atoms with E-state index in [0.29, 0.717) is 23.8 Å². The third-order valence-corrected chi connectivity index (χ3v) is 4.63. The van der Waals surface area contributed by atoms with E-state index in [1.807, 2.05) is 24.0 Å². The van der Waals surface area contributed by atoms with Gasteiger partial charge in [-0.15, -0.1) is 0 Å². The molecule has 1 saturated heterocycles. The van der Waals surface area contributed by atoms with Crippen LogP contribution >= 0.6 is 0 Å². The first-order valence-electron chi connectivity index (χ1n) is 7.81. The Bertz CT molecular complexity index is 1030. The molecule has 126 valence electrons. The molecule has 4 heterocycles. The number of aromatic nitrogens is 6. The number of nitrogens with zero attached hydrogens (tertiary/aromatic N) is 6. The van der Waals surface area contributed by atoms with Crippen molar-refractivity contribution in [1.29, 1.82) is 0 Å². The van der Waals surface area contributed by atoms with E-state index in [2.05, 4.69) is 20.0 Å². The van der Waals surface area contributed by atoms with Crippen molar-refractivity contribution in [3.8, 4) is 0 Å². The Morgan fingerprint density at radius 2 is 2.00 bits per heavy atom. The van der Waals surface area contributed by atoms with E-state index in [0.717, 1.165) is 24.5 Å². The van der Waals surface area contributed by atoms with Gasteiger partial charge >= 0.3 is 5.69 Å². The number of aromatic amines is 1. The number of hydrogen-bond acceptors (Lipinski definition) is 5. The highest BCUT2D eigenvalue weighted by Crippen LogP contribution is 2.23. The van der Waals surface area contributed by atoms with Crippen LogP contribution in [0.1, 0.15) is 17.4 Å². The largest absolute Gasteiger partial charge is 0.329 e. The van der Waals surface area contributed by atoms with E-state index < -0.39 is 11.2 Å². The number of fused-ring (bicyclic) bond motifs is 1. The molecular formula is C15H19N7O2. The van der Waals surface area contributed by atoms with Gasteiger partial charge in [-0.3, -0.25) is 23.9 Å². The summed E-state index contributed by atoms with van der Waals surface area (Å²) in [5.74, 6) is 0.770. The molecule has 0 aromatic carbocycles. The Kier molecular flexibility index (Phi) is 3.20. The van der Waals surface area contributed by atoms with Crippen LogP contribution < -0.4 is 11.2 Å². The Morgan fingerprint density at radius 3 is 2.67 bits per heavy atom. The summed E-state index contributed by atoms with van der Waals surface area (Å²) < 4.78 is 5.12. The first-order valence-corrected chi connectivity index (χ1v) is 7.81. The maximum Gasteiger partial charge on any atom is 0.329 e. The molecule has 9 heteroatoms. The number of rotatable bonds is 3. The molecule has 1 aliphatic rings. The van der Waals surface area contributed by atoms with E-state index in [4.69, 9.17) is 0 Å². The summed E-state index contributed by atoms with van der Waals surface area (Å²) in [6.45, 7) is 4.44. The number of nitrogens with one attached hydrogen (secondary N) is 1. The molecule has 0 saturated carbocycles. The molecule has 4 rings (SSSR count). The van der Waals surface area contributed by atoms with E-state index in [1.54, 1.807) is 18.7 Å². The maximum atomic E-state index is 12.0. The van der Waals surface area contributed by atoms with Crippen molar-refractivity contribution in [2.45, 2.75) is 19.5 Å². The van der Waals surface area contributed by atoms with Crippen molar-refractivity contribution in [3.63, 3.8) is 0 Å². The summed E-state index contributed by atoms with van der Waals surface area (Å²) in [6.07, 6.45) is 3.91. The third-order valence-electron chi connectivity index (χ3n) is 4.63. The van der Waals surface area contributed by atoms with Crippen LogP contribution in [0.2, 0.25) is 0 Å². The quantitative estimate of drug-likeness (QED) is 0.701. The monoisotopic (exact) mass is 329 g/mol. The van der Waals surface area contributed by atoms with Gasteiger partial charge in [0.1, 0.15) is 5.82 Å². The first-order chi connectivity index (χ1) is 11.4. The fourth-order valence-corrected chi connectivity index (χ4v) is 3.17. The van der Waals surface area contributed by atoms with Gasteiger partial charge in [0.05, 0.1) is 18.8 Å². The number of aryl methyl sites for hydroxylation is 3. The molecule has 3 aromatic heterocycles. The molecule has 1 N–H and O–H groups in total. The van der Waals surface area contributed by atoms with Crippen LogP contribution in [0.5, 0.6) is 0 Å². The molecule has 0 atom stereocenters. The van der Waals surface area contributed by atoms with Gasteiger partial charge in [0.25, 0.3) is 5.56 Å². The number of likely N-dealkylation sites (tertiary alicyclic amines) is 1. The van der Waals surface area contributed by atoms with Crippen LogP contribution in [0.3, 0.4) is 0 Å². The van der Waals surface area contributed by atoms with Crippen molar-refractivity contribution in [3.05, 3.63) is 44.6 Å². The highest BCUT2D eigenvalue weighted by molar-refractivity contribution is 5.70. The van der Waals surface area contributed by atoms with Crippen molar-refractivity contribution < 1.29 is 0 Å². The van der Waals surface area contributed by atoms with Crippen LogP contribution in [-0.2, 0) is 20.6 Å². The second kappa shape index (κ2) is 5.17. The average molecular weight is 329 g/mol. The summed E-state index contributed by atoms with van der Waals surface area (Å²) >= 11 is 0. The Labute approximate surface area is 137 Å². The molecule has 3 aromatic rings. The Hall–Kier alpha value is -2.68. The van der Waals surface area contributed by atoms with Crippen molar-refractivity contribution in [2.24, 2.45) is 14.1 Å². The van der Waals surface area contributed by atoms with E-state index in [1.165, 1.54) is 4.57 Å². The molecule has 1 fully saturated rings. The second-order valence-electron chi connectivity index (χ2n) is 6.42. The highest BCUT2D eigenvalue weighted by Gasteiger charge is 2.30. The minimum Gasteiger partial charge on any atom is -0.324 e. The van der Waals surface area contributed by atoms with Gasteiger partial charge in [-0.05, 0) is 12.5 Å². The lowest BCUT2D eigenvalue weighted by Crippen LogP contribution is -2.47. The van der Waals surface area contributed by atoms with Gasteiger partial charge in [0.15, 0.2) is 11.2 Å². The zero-order valence-electron chi connectivity index (χ0n) is 13.9. The van der Waals surface area contributed by atoms with Crippen LogP contribution in [-0.4, -0.2) is 46.9 Å². The topological polar surface area (TPSA) is 93.7 Å². The van der Waals surface area contributed by atoms with Crippen LogP contribution in [0, 0.1) is 6.92 Å². The molecule has 0 spiro atoms. The van der Waals surface area contributed by atoms with Gasteiger partial charge in [-0.1, -0.05) is 0 Å². The lowest BCUT2D eigenvalue weighted by molar-refractivity contribution is 0.0873. The minimum atomic E-state index is -0.449. The Balaban J connectivity index is 1.57. The normalized spacial score (nSPS) is 16.0. The standard InChI is InChI=1S/C15H19N7O2/c1-9-4-16-22(5-9)10-6-21(7-10)8-11-17-13-12(19(11)2)14(23)18-15(24)20(13)3/h4-5,10H,6-8H2,1-3H3,(H,18,23,24). The number of hydrogen-bond donors (Lipinski definition) is 1. The van der Waals surface area contributed by atoms with E-state index >= 15 is 0 Å². The average Bonchev–Trinajstić information content (AvgIpc) is 3.04. The summed E-state index contributed by atoms with van der Waals surface area (Å²) in [5, 5.41) is 4.35. The molecule has 0 bridgehead atoms.